The summed E-state index contributed by atoms with van der Waals surface area (Å²) in [6.07, 6.45) is -0.332. The summed E-state index contributed by atoms with van der Waals surface area (Å²) >= 11 is 0. The van der Waals surface area contributed by atoms with Crippen LogP contribution in [0.5, 0.6) is 0 Å². The maximum Gasteiger partial charge on any atom is 0.422 e. The normalized spacial score (nSPS) is 20.5. The van der Waals surface area contributed by atoms with Crippen LogP contribution in [0.1, 0.15) is 42.7 Å². The third-order valence-corrected chi connectivity index (χ3v) is 5.50. The Bertz CT molecular complexity index is 912. The number of alkyl halides is 3. The van der Waals surface area contributed by atoms with Crippen molar-refractivity contribution < 1.29 is 22.4 Å². The van der Waals surface area contributed by atoms with Gasteiger partial charge in [0.05, 0.1) is 5.69 Å². The van der Waals surface area contributed by atoms with Crippen LogP contribution < -0.4 is 16.2 Å². The fourth-order valence-electron chi connectivity index (χ4n) is 3.59. The van der Waals surface area contributed by atoms with Gasteiger partial charge in [-0.2, -0.15) is 13.2 Å². The standard InChI is InChI=1S/C21H22F4N4O/c22-15-5-3-13(4-6-15)16-10-14(16)11-27-17-7-8-26-20(19(17)21(23,24)25)29-28-18(30)9-12-1-2-12/h3-8,12,14,16H,1-2,9-11H2,(H,28,30)(H2,26,27,29)/t14-,16-/m1/s1. The molecule has 160 valence electrons. The van der Waals surface area contributed by atoms with E-state index in [2.05, 4.69) is 21.2 Å². The molecule has 3 N–H and O–H groups in total. The number of pyridine rings is 1. The van der Waals surface area contributed by atoms with Crippen LogP contribution >= 0.6 is 0 Å². The van der Waals surface area contributed by atoms with Gasteiger partial charge in [0, 0.05) is 19.2 Å². The molecule has 0 radical (unpaired) electrons. The molecule has 2 aliphatic rings. The topological polar surface area (TPSA) is 66.0 Å². The zero-order valence-corrected chi connectivity index (χ0v) is 16.1. The van der Waals surface area contributed by atoms with Gasteiger partial charge in [0.25, 0.3) is 0 Å². The largest absolute Gasteiger partial charge is 0.422 e. The van der Waals surface area contributed by atoms with Crippen LogP contribution in [0.3, 0.4) is 0 Å². The molecular formula is C21H22F4N4O. The number of halogens is 4. The van der Waals surface area contributed by atoms with Gasteiger partial charge in [-0.25, -0.2) is 9.37 Å². The first-order chi connectivity index (χ1) is 14.3. The number of hydrogen-bond acceptors (Lipinski definition) is 4. The van der Waals surface area contributed by atoms with E-state index in [1.54, 1.807) is 12.1 Å². The molecule has 1 heterocycles. The average Bonchev–Trinajstić information content (AvgIpc) is 3.61. The summed E-state index contributed by atoms with van der Waals surface area (Å²) in [7, 11) is 0. The second-order valence-electron chi connectivity index (χ2n) is 7.94. The third-order valence-electron chi connectivity index (χ3n) is 5.50. The quantitative estimate of drug-likeness (QED) is 0.426. The summed E-state index contributed by atoms with van der Waals surface area (Å²) < 4.78 is 54.2. The molecule has 5 nitrogen and oxygen atoms in total. The fourth-order valence-corrected chi connectivity index (χ4v) is 3.59. The molecule has 1 aromatic heterocycles. The average molecular weight is 422 g/mol. The Hall–Kier alpha value is -2.84. The Labute approximate surface area is 171 Å². The monoisotopic (exact) mass is 422 g/mol. The Morgan fingerprint density at radius 1 is 1.13 bits per heavy atom. The zero-order valence-electron chi connectivity index (χ0n) is 16.1. The van der Waals surface area contributed by atoms with E-state index in [1.165, 1.54) is 24.4 Å². The van der Waals surface area contributed by atoms with Crippen molar-refractivity contribution in [1.82, 2.24) is 10.4 Å². The lowest BCUT2D eigenvalue weighted by molar-refractivity contribution is -0.136. The zero-order chi connectivity index (χ0) is 21.3. The van der Waals surface area contributed by atoms with Gasteiger partial charge >= 0.3 is 6.18 Å². The molecule has 1 amide bonds. The minimum atomic E-state index is -4.65. The van der Waals surface area contributed by atoms with Gasteiger partial charge in [-0.05, 0) is 60.8 Å². The van der Waals surface area contributed by atoms with Crippen molar-refractivity contribution in [3.8, 4) is 0 Å². The van der Waals surface area contributed by atoms with Crippen molar-refractivity contribution in [3.63, 3.8) is 0 Å². The van der Waals surface area contributed by atoms with Gasteiger partial charge in [-0.1, -0.05) is 12.1 Å². The Kier molecular flexibility index (Phi) is 5.53. The molecule has 2 aliphatic carbocycles. The lowest BCUT2D eigenvalue weighted by Crippen LogP contribution is -2.31. The number of benzene rings is 1. The van der Waals surface area contributed by atoms with E-state index in [4.69, 9.17) is 0 Å². The summed E-state index contributed by atoms with van der Waals surface area (Å²) in [4.78, 5) is 15.6. The van der Waals surface area contributed by atoms with E-state index >= 15 is 0 Å². The molecular weight excluding hydrogens is 400 g/mol. The highest BCUT2D eigenvalue weighted by molar-refractivity contribution is 5.78. The van der Waals surface area contributed by atoms with E-state index in [-0.39, 0.29) is 29.2 Å². The van der Waals surface area contributed by atoms with Gasteiger partial charge in [0.2, 0.25) is 5.91 Å². The number of hydrazine groups is 1. The minimum absolute atomic E-state index is 0.0961. The minimum Gasteiger partial charge on any atom is -0.384 e. The highest BCUT2D eigenvalue weighted by Crippen LogP contribution is 2.48. The number of aromatic nitrogens is 1. The van der Waals surface area contributed by atoms with Crippen molar-refractivity contribution in [2.24, 2.45) is 11.8 Å². The van der Waals surface area contributed by atoms with Crippen LogP contribution in [0.15, 0.2) is 36.5 Å². The maximum atomic E-state index is 13.7. The number of anilines is 2. The summed E-state index contributed by atoms with van der Waals surface area (Å²) in [6, 6.07) is 7.46. The smallest absolute Gasteiger partial charge is 0.384 e. The lowest BCUT2D eigenvalue weighted by Gasteiger charge is -2.18. The second kappa shape index (κ2) is 8.12. The van der Waals surface area contributed by atoms with Gasteiger partial charge < -0.3 is 5.32 Å². The van der Waals surface area contributed by atoms with Gasteiger partial charge in [0.15, 0.2) is 5.82 Å². The summed E-state index contributed by atoms with van der Waals surface area (Å²) in [5.74, 6) is -0.422. The highest BCUT2D eigenvalue weighted by Gasteiger charge is 2.40. The van der Waals surface area contributed by atoms with Gasteiger partial charge in [0.1, 0.15) is 11.4 Å². The summed E-state index contributed by atoms with van der Waals surface area (Å²) in [5.41, 5.74) is 4.58. The van der Waals surface area contributed by atoms with E-state index in [0.717, 1.165) is 24.8 Å². The number of amides is 1. The molecule has 0 aliphatic heterocycles. The van der Waals surface area contributed by atoms with Crippen LogP contribution in [0.2, 0.25) is 0 Å². The Morgan fingerprint density at radius 2 is 1.87 bits per heavy atom. The summed E-state index contributed by atoms with van der Waals surface area (Å²) in [5, 5.41) is 2.88. The molecule has 0 bridgehead atoms. The first-order valence-electron chi connectivity index (χ1n) is 9.91. The number of carbonyl (C=O) groups is 1. The molecule has 2 atom stereocenters. The molecule has 30 heavy (non-hydrogen) atoms. The summed E-state index contributed by atoms with van der Waals surface area (Å²) in [6.45, 7) is 0.350. The van der Waals surface area contributed by atoms with Crippen molar-refractivity contribution >= 4 is 17.4 Å². The third kappa shape index (κ3) is 5.01. The number of rotatable bonds is 8. The molecule has 0 spiro atoms. The molecule has 2 aromatic rings. The van der Waals surface area contributed by atoms with Crippen LogP contribution in [-0.4, -0.2) is 17.4 Å². The SMILES string of the molecule is O=C(CC1CC1)NNc1nccc(NC[C@H]2C[C@@H]2c2ccc(F)cc2)c1C(F)(F)F. The molecule has 2 saturated carbocycles. The van der Waals surface area contributed by atoms with Crippen LogP contribution in [-0.2, 0) is 11.0 Å². The van der Waals surface area contributed by atoms with Crippen molar-refractivity contribution in [3.05, 3.63) is 53.5 Å². The maximum absolute atomic E-state index is 13.7. The van der Waals surface area contributed by atoms with Crippen molar-refractivity contribution in [1.29, 1.82) is 0 Å². The van der Waals surface area contributed by atoms with E-state index in [9.17, 15) is 22.4 Å². The number of nitrogens with one attached hydrogen (secondary N) is 3. The second-order valence-corrected chi connectivity index (χ2v) is 7.94. The van der Waals surface area contributed by atoms with E-state index in [0.29, 0.717) is 18.9 Å². The van der Waals surface area contributed by atoms with Gasteiger partial charge in [-0.15, -0.1) is 0 Å². The molecule has 0 saturated heterocycles. The predicted octanol–water partition coefficient (Wildman–Crippen LogP) is 4.70. The van der Waals surface area contributed by atoms with Crippen LogP contribution in [0.4, 0.5) is 29.1 Å². The number of carbonyl (C=O) groups excluding carboxylic acids is 1. The Balaban J connectivity index is 1.41. The molecule has 4 rings (SSSR count). The van der Waals surface area contributed by atoms with Crippen molar-refractivity contribution in [2.45, 2.75) is 37.8 Å². The van der Waals surface area contributed by atoms with E-state index in [1.807, 2.05) is 0 Å². The highest BCUT2D eigenvalue weighted by atomic mass is 19.4. The van der Waals surface area contributed by atoms with Crippen LogP contribution in [0, 0.1) is 17.7 Å². The number of hydrogen-bond donors (Lipinski definition) is 3. The molecule has 0 unspecified atom stereocenters. The predicted molar refractivity (Wildman–Crippen MR) is 104 cm³/mol. The lowest BCUT2D eigenvalue weighted by atomic mass is 10.1. The fraction of sp³-hybridized carbons (Fsp3) is 0.429. The van der Waals surface area contributed by atoms with Crippen molar-refractivity contribution in [2.75, 3.05) is 17.3 Å². The number of nitrogens with zero attached hydrogens (tertiary/aromatic N) is 1. The van der Waals surface area contributed by atoms with Crippen LogP contribution in [0.25, 0.3) is 0 Å². The van der Waals surface area contributed by atoms with E-state index < -0.39 is 17.6 Å². The molecule has 9 heteroatoms. The van der Waals surface area contributed by atoms with Gasteiger partial charge in [-0.3, -0.25) is 15.6 Å². The molecule has 2 fully saturated rings. The Morgan fingerprint density at radius 3 is 2.53 bits per heavy atom. The first-order valence-corrected chi connectivity index (χ1v) is 9.91. The molecule has 1 aromatic carbocycles. The first kappa shape index (κ1) is 20.4.